The van der Waals surface area contributed by atoms with Crippen molar-refractivity contribution in [3.05, 3.63) is 35.4 Å². The lowest BCUT2D eigenvalue weighted by Gasteiger charge is -2.23. The molecule has 1 atom stereocenters. The molecule has 1 aromatic carbocycles. The standard InChI is InChI=1S/C18H30N2O2/c1-7-22-13-12-20(6)17(21)19-14(2)15-8-10-16(11-9-15)18(3,4)5/h8-11,14H,7,12-13H2,1-6H3,(H,19,21)/t14-/m0/s1. The fourth-order valence-electron chi connectivity index (χ4n) is 2.10. The van der Waals surface area contributed by atoms with E-state index in [1.807, 2.05) is 13.8 Å². The second-order valence-electron chi connectivity index (χ2n) is 6.66. The molecule has 0 aliphatic heterocycles. The van der Waals surface area contributed by atoms with Crippen molar-refractivity contribution in [2.24, 2.45) is 0 Å². The third kappa shape index (κ3) is 5.68. The Kier molecular flexibility index (Phi) is 6.88. The first-order valence-corrected chi connectivity index (χ1v) is 7.95. The minimum absolute atomic E-state index is 0.0175. The van der Waals surface area contributed by atoms with E-state index in [1.165, 1.54) is 5.56 Å². The van der Waals surface area contributed by atoms with Gasteiger partial charge in [-0.25, -0.2) is 4.79 Å². The lowest BCUT2D eigenvalue weighted by Crippen LogP contribution is -2.40. The summed E-state index contributed by atoms with van der Waals surface area (Å²) in [4.78, 5) is 13.8. The van der Waals surface area contributed by atoms with Crippen molar-refractivity contribution in [3.8, 4) is 0 Å². The van der Waals surface area contributed by atoms with E-state index >= 15 is 0 Å². The number of nitrogens with zero attached hydrogens (tertiary/aromatic N) is 1. The van der Waals surface area contributed by atoms with Gasteiger partial charge in [-0.1, -0.05) is 45.0 Å². The molecule has 2 amide bonds. The Hall–Kier alpha value is -1.55. The molecule has 1 N–H and O–H groups in total. The molecule has 0 radical (unpaired) electrons. The van der Waals surface area contributed by atoms with E-state index in [-0.39, 0.29) is 17.5 Å². The van der Waals surface area contributed by atoms with E-state index in [0.29, 0.717) is 19.8 Å². The molecule has 0 aliphatic rings. The van der Waals surface area contributed by atoms with Gasteiger partial charge in [0.1, 0.15) is 0 Å². The minimum Gasteiger partial charge on any atom is -0.380 e. The Morgan fingerprint density at radius 2 is 1.86 bits per heavy atom. The summed E-state index contributed by atoms with van der Waals surface area (Å²) in [6.07, 6.45) is 0. The third-order valence-electron chi connectivity index (χ3n) is 3.74. The maximum absolute atomic E-state index is 12.1. The highest BCUT2D eigenvalue weighted by Gasteiger charge is 2.16. The topological polar surface area (TPSA) is 41.6 Å². The molecule has 22 heavy (non-hydrogen) atoms. The van der Waals surface area contributed by atoms with Gasteiger partial charge in [0.2, 0.25) is 0 Å². The predicted octanol–water partition coefficient (Wildman–Crippen LogP) is 3.72. The van der Waals surface area contributed by atoms with Crippen LogP contribution in [0.25, 0.3) is 0 Å². The lowest BCUT2D eigenvalue weighted by molar-refractivity contribution is 0.125. The van der Waals surface area contributed by atoms with Crippen molar-refractivity contribution in [2.45, 2.75) is 46.1 Å². The van der Waals surface area contributed by atoms with Crippen LogP contribution in [-0.2, 0) is 10.2 Å². The van der Waals surface area contributed by atoms with Crippen LogP contribution in [0.3, 0.4) is 0 Å². The molecule has 0 spiro atoms. The van der Waals surface area contributed by atoms with Crippen LogP contribution in [0.4, 0.5) is 4.79 Å². The molecule has 1 rings (SSSR count). The Morgan fingerprint density at radius 3 is 2.36 bits per heavy atom. The number of rotatable bonds is 6. The molecule has 0 bridgehead atoms. The highest BCUT2D eigenvalue weighted by Crippen LogP contribution is 2.23. The molecule has 4 nitrogen and oxygen atoms in total. The molecule has 0 aromatic heterocycles. The second-order valence-corrected chi connectivity index (χ2v) is 6.66. The molecule has 0 aliphatic carbocycles. The van der Waals surface area contributed by atoms with Crippen molar-refractivity contribution in [2.75, 3.05) is 26.8 Å². The van der Waals surface area contributed by atoms with Gasteiger partial charge in [-0.2, -0.15) is 0 Å². The number of amides is 2. The monoisotopic (exact) mass is 306 g/mol. The SMILES string of the molecule is CCOCCN(C)C(=O)N[C@@H](C)c1ccc(C(C)(C)C)cc1. The number of nitrogens with one attached hydrogen (secondary N) is 1. The fraction of sp³-hybridized carbons (Fsp3) is 0.611. The lowest BCUT2D eigenvalue weighted by atomic mass is 9.86. The summed E-state index contributed by atoms with van der Waals surface area (Å²) in [6, 6.07) is 8.36. The van der Waals surface area contributed by atoms with Crippen molar-refractivity contribution >= 4 is 6.03 Å². The summed E-state index contributed by atoms with van der Waals surface area (Å²) >= 11 is 0. The summed E-state index contributed by atoms with van der Waals surface area (Å²) < 4.78 is 5.27. The Labute approximate surface area is 134 Å². The minimum atomic E-state index is -0.0768. The van der Waals surface area contributed by atoms with Crippen LogP contribution < -0.4 is 5.32 Å². The number of benzene rings is 1. The molecule has 0 heterocycles. The van der Waals surface area contributed by atoms with Gasteiger partial charge < -0.3 is 15.0 Å². The van der Waals surface area contributed by atoms with Crippen molar-refractivity contribution in [3.63, 3.8) is 0 Å². The average molecular weight is 306 g/mol. The Bertz CT molecular complexity index is 463. The molecule has 0 fully saturated rings. The fourth-order valence-corrected chi connectivity index (χ4v) is 2.10. The first-order valence-electron chi connectivity index (χ1n) is 7.95. The summed E-state index contributed by atoms with van der Waals surface area (Å²) in [7, 11) is 1.78. The summed E-state index contributed by atoms with van der Waals surface area (Å²) in [6.45, 7) is 12.4. The van der Waals surface area contributed by atoms with Crippen molar-refractivity contribution in [1.29, 1.82) is 0 Å². The van der Waals surface area contributed by atoms with E-state index in [9.17, 15) is 4.79 Å². The van der Waals surface area contributed by atoms with Crippen LogP contribution in [0.1, 0.15) is 51.8 Å². The van der Waals surface area contributed by atoms with E-state index in [2.05, 4.69) is 50.4 Å². The largest absolute Gasteiger partial charge is 0.380 e. The average Bonchev–Trinajstić information content (AvgIpc) is 2.46. The van der Waals surface area contributed by atoms with Gasteiger partial charge in [0.15, 0.2) is 0 Å². The van der Waals surface area contributed by atoms with E-state index in [1.54, 1.807) is 11.9 Å². The van der Waals surface area contributed by atoms with Crippen LogP contribution in [-0.4, -0.2) is 37.7 Å². The van der Waals surface area contributed by atoms with Crippen LogP contribution >= 0.6 is 0 Å². The maximum atomic E-state index is 12.1. The first kappa shape index (κ1) is 18.5. The van der Waals surface area contributed by atoms with Gasteiger partial charge in [0.05, 0.1) is 12.6 Å². The van der Waals surface area contributed by atoms with Gasteiger partial charge in [0.25, 0.3) is 0 Å². The highest BCUT2D eigenvalue weighted by molar-refractivity contribution is 5.74. The smallest absolute Gasteiger partial charge is 0.317 e. The molecule has 4 heteroatoms. The number of hydrogen-bond acceptors (Lipinski definition) is 2. The number of carbonyl (C=O) groups excluding carboxylic acids is 1. The zero-order valence-corrected chi connectivity index (χ0v) is 14.8. The molecule has 1 aromatic rings. The van der Waals surface area contributed by atoms with Gasteiger partial charge >= 0.3 is 6.03 Å². The predicted molar refractivity (Wildman–Crippen MR) is 91.2 cm³/mol. The van der Waals surface area contributed by atoms with Crippen LogP contribution in [0.15, 0.2) is 24.3 Å². The zero-order valence-electron chi connectivity index (χ0n) is 14.8. The highest BCUT2D eigenvalue weighted by atomic mass is 16.5. The molecular formula is C18H30N2O2. The molecule has 124 valence electrons. The van der Waals surface area contributed by atoms with E-state index in [4.69, 9.17) is 4.74 Å². The van der Waals surface area contributed by atoms with Gasteiger partial charge in [0, 0.05) is 20.2 Å². The number of hydrogen-bond donors (Lipinski definition) is 1. The number of ether oxygens (including phenoxy) is 1. The first-order chi connectivity index (χ1) is 10.3. The van der Waals surface area contributed by atoms with Gasteiger partial charge in [-0.05, 0) is 30.4 Å². The van der Waals surface area contributed by atoms with Crippen molar-refractivity contribution in [1.82, 2.24) is 10.2 Å². The summed E-state index contributed by atoms with van der Waals surface area (Å²) in [5.41, 5.74) is 2.55. The van der Waals surface area contributed by atoms with Crippen LogP contribution in [0.2, 0.25) is 0 Å². The molecule has 0 saturated carbocycles. The number of carbonyl (C=O) groups is 1. The molecule has 0 saturated heterocycles. The van der Waals surface area contributed by atoms with Crippen molar-refractivity contribution < 1.29 is 9.53 Å². The van der Waals surface area contributed by atoms with Crippen LogP contribution in [0.5, 0.6) is 0 Å². The molecule has 0 unspecified atom stereocenters. The number of likely N-dealkylation sites (N-methyl/N-ethyl adjacent to an activating group) is 1. The quantitative estimate of drug-likeness (QED) is 0.814. The summed E-state index contributed by atoms with van der Waals surface area (Å²) in [5, 5.41) is 3.01. The molecular weight excluding hydrogens is 276 g/mol. The Morgan fingerprint density at radius 1 is 1.27 bits per heavy atom. The summed E-state index contributed by atoms with van der Waals surface area (Å²) in [5.74, 6) is 0. The van der Waals surface area contributed by atoms with E-state index < -0.39 is 0 Å². The van der Waals surface area contributed by atoms with E-state index in [0.717, 1.165) is 5.56 Å². The zero-order chi connectivity index (χ0) is 16.8. The number of urea groups is 1. The maximum Gasteiger partial charge on any atom is 0.317 e. The van der Waals surface area contributed by atoms with Crippen LogP contribution in [0, 0.1) is 0 Å². The third-order valence-corrected chi connectivity index (χ3v) is 3.74. The normalized spacial score (nSPS) is 12.8. The van der Waals surface area contributed by atoms with Gasteiger partial charge in [-0.15, -0.1) is 0 Å². The van der Waals surface area contributed by atoms with Gasteiger partial charge in [-0.3, -0.25) is 0 Å². The Balaban J connectivity index is 2.57. The second kappa shape index (κ2) is 8.18.